The second kappa shape index (κ2) is 8.47. The zero-order chi connectivity index (χ0) is 17.5. The Bertz CT molecular complexity index is 719. The van der Waals surface area contributed by atoms with Crippen LogP contribution in [0.2, 0.25) is 5.02 Å². The fourth-order valence-corrected chi connectivity index (χ4v) is 2.48. The summed E-state index contributed by atoms with van der Waals surface area (Å²) < 4.78 is 5.22. The lowest BCUT2D eigenvalue weighted by Gasteiger charge is -2.15. The van der Waals surface area contributed by atoms with Gasteiger partial charge in [0.15, 0.2) is 6.10 Å². The first-order chi connectivity index (χ1) is 11.5. The van der Waals surface area contributed by atoms with Gasteiger partial charge in [0, 0.05) is 7.11 Å². The summed E-state index contributed by atoms with van der Waals surface area (Å²) in [6.45, 7) is 1.74. The lowest BCUT2D eigenvalue weighted by molar-refractivity contribution is -0.132. The summed E-state index contributed by atoms with van der Waals surface area (Å²) in [6, 6.07) is 14.4. The summed E-state index contributed by atoms with van der Waals surface area (Å²) >= 11 is 6.07. The van der Waals surface area contributed by atoms with E-state index >= 15 is 0 Å². The number of carbonyl (C=O) groups is 2. The Kier molecular flexibility index (Phi) is 6.35. The third-order valence-electron chi connectivity index (χ3n) is 3.40. The van der Waals surface area contributed by atoms with Crippen LogP contribution in [0, 0.1) is 6.92 Å². The summed E-state index contributed by atoms with van der Waals surface area (Å²) in [7, 11) is 1.45. The second-order valence-electron chi connectivity index (χ2n) is 5.28. The molecule has 2 aromatic carbocycles. The molecule has 2 aromatic rings. The molecular formula is C18H19ClN2O3. The van der Waals surface area contributed by atoms with Crippen molar-refractivity contribution in [3.05, 3.63) is 64.7 Å². The van der Waals surface area contributed by atoms with Gasteiger partial charge in [-0.05, 0) is 30.2 Å². The van der Waals surface area contributed by atoms with Crippen molar-refractivity contribution in [1.29, 1.82) is 0 Å². The monoisotopic (exact) mass is 346 g/mol. The molecule has 5 nitrogen and oxygen atoms in total. The molecule has 126 valence electrons. The standard InChI is InChI=1S/C18H19ClN2O3/c1-12-8-9-15(14(19)10-12)21-16(22)11-20-18(23)17(24-2)13-6-4-3-5-7-13/h3-10,17H,11H2,1-2H3,(H,20,23)(H,21,22)/t17-/m0/s1. The molecule has 0 fully saturated rings. The highest BCUT2D eigenvalue weighted by atomic mass is 35.5. The van der Waals surface area contributed by atoms with E-state index in [1.807, 2.05) is 31.2 Å². The number of anilines is 1. The minimum absolute atomic E-state index is 0.171. The SMILES string of the molecule is CO[C@H](C(=O)NCC(=O)Nc1ccc(C)cc1Cl)c1ccccc1. The van der Waals surface area contributed by atoms with Gasteiger partial charge in [-0.3, -0.25) is 9.59 Å². The lowest BCUT2D eigenvalue weighted by atomic mass is 10.1. The molecule has 0 saturated carbocycles. The van der Waals surface area contributed by atoms with Crippen LogP contribution in [0.1, 0.15) is 17.2 Å². The van der Waals surface area contributed by atoms with Crippen molar-refractivity contribution in [1.82, 2.24) is 5.32 Å². The molecular weight excluding hydrogens is 328 g/mol. The van der Waals surface area contributed by atoms with Crippen LogP contribution in [0.15, 0.2) is 48.5 Å². The Hall–Kier alpha value is -2.37. The Balaban J connectivity index is 1.92. The second-order valence-corrected chi connectivity index (χ2v) is 5.68. The van der Waals surface area contributed by atoms with Gasteiger partial charge in [-0.2, -0.15) is 0 Å². The van der Waals surface area contributed by atoms with Crippen LogP contribution < -0.4 is 10.6 Å². The van der Waals surface area contributed by atoms with Crippen molar-refractivity contribution in [3.63, 3.8) is 0 Å². The first-order valence-corrected chi connectivity index (χ1v) is 7.80. The number of hydrogen-bond donors (Lipinski definition) is 2. The molecule has 24 heavy (non-hydrogen) atoms. The number of benzene rings is 2. The van der Waals surface area contributed by atoms with Crippen LogP contribution in [0.4, 0.5) is 5.69 Å². The highest BCUT2D eigenvalue weighted by molar-refractivity contribution is 6.33. The van der Waals surface area contributed by atoms with Crippen LogP contribution >= 0.6 is 11.6 Å². The van der Waals surface area contributed by atoms with Crippen molar-refractivity contribution in [2.24, 2.45) is 0 Å². The van der Waals surface area contributed by atoms with Gasteiger partial charge in [-0.1, -0.05) is 48.0 Å². The van der Waals surface area contributed by atoms with Crippen LogP contribution in [0.3, 0.4) is 0 Å². The van der Waals surface area contributed by atoms with Gasteiger partial charge in [-0.15, -0.1) is 0 Å². The van der Waals surface area contributed by atoms with Crippen LogP contribution in [0.25, 0.3) is 0 Å². The van der Waals surface area contributed by atoms with E-state index in [4.69, 9.17) is 16.3 Å². The van der Waals surface area contributed by atoms with Crippen molar-refractivity contribution >= 4 is 29.1 Å². The maximum Gasteiger partial charge on any atom is 0.254 e. The van der Waals surface area contributed by atoms with Gasteiger partial charge in [-0.25, -0.2) is 0 Å². The predicted octanol–water partition coefficient (Wildman–Crippen LogP) is 3.09. The highest BCUT2D eigenvalue weighted by Crippen LogP contribution is 2.22. The van der Waals surface area contributed by atoms with E-state index in [9.17, 15) is 9.59 Å². The van der Waals surface area contributed by atoms with Gasteiger partial charge in [0.1, 0.15) is 0 Å². The smallest absolute Gasteiger partial charge is 0.254 e. The van der Waals surface area contributed by atoms with Crippen molar-refractivity contribution < 1.29 is 14.3 Å². The fraction of sp³-hybridized carbons (Fsp3) is 0.222. The molecule has 0 saturated heterocycles. The van der Waals surface area contributed by atoms with E-state index < -0.39 is 6.10 Å². The van der Waals surface area contributed by atoms with E-state index in [0.717, 1.165) is 11.1 Å². The van der Waals surface area contributed by atoms with E-state index in [0.29, 0.717) is 10.7 Å². The number of halogens is 1. The Morgan fingerprint density at radius 2 is 1.88 bits per heavy atom. The lowest BCUT2D eigenvalue weighted by Crippen LogP contribution is -2.36. The summed E-state index contributed by atoms with van der Waals surface area (Å²) in [6.07, 6.45) is -0.762. The average molecular weight is 347 g/mol. The average Bonchev–Trinajstić information content (AvgIpc) is 2.57. The van der Waals surface area contributed by atoms with Gasteiger partial charge in [0.05, 0.1) is 17.3 Å². The summed E-state index contributed by atoms with van der Waals surface area (Å²) in [5.74, 6) is -0.745. The molecule has 0 bridgehead atoms. The molecule has 0 aromatic heterocycles. The zero-order valence-corrected chi connectivity index (χ0v) is 14.3. The Morgan fingerprint density at radius 3 is 2.50 bits per heavy atom. The molecule has 0 unspecified atom stereocenters. The quantitative estimate of drug-likeness (QED) is 0.844. The number of hydrogen-bond acceptors (Lipinski definition) is 3. The summed E-state index contributed by atoms with van der Waals surface area (Å²) in [4.78, 5) is 24.2. The van der Waals surface area contributed by atoms with E-state index in [1.54, 1.807) is 24.3 Å². The van der Waals surface area contributed by atoms with Crippen molar-refractivity contribution in [2.45, 2.75) is 13.0 Å². The zero-order valence-electron chi connectivity index (χ0n) is 13.5. The number of rotatable bonds is 6. The third-order valence-corrected chi connectivity index (χ3v) is 3.71. The number of amides is 2. The first kappa shape index (κ1) is 18.0. The van der Waals surface area contributed by atoms with Crippen LogP contribution in [-0.2, 0) is 14.3 Å². The molecule has 2 rings (SSSR count). The van der Waals surface area contributed by atoms with Gasteiger partial charge in [0.2, 0.25) is 5.91 Å². The summed E-state index contributed by atoms with van der Waals surface area (Å²) in [5.41, 5.74) is 2.23. The number of nitrogens with one attached hydrogen (secondary N) is 2. The first-order valence-electron chi connectivity index (χ1n) is 7.42. The number of carbonyl (C=O) groups excluding carboxylic acids is 2. The summed E-state index contributed by atoms with van der Waals surface area (Å²) in [5, 5.41) is 5.68. The van der Waals surface area contributed by atoms with Gasteiger partial charge < -0.3 is 15.4 Å². The normalized spacial score (nSPS) is 11.6. The molecule has 2 amide bonds. The number of methoxy groups -OCH3 is 1. The molecule has 0 spiro atoms. The van der Waals surface area contributed by atoms with Crippen molar-refractivity contribution in [2.75, 3.05) is 19.0 Å². The van der Waals surface area contributed by atoms with E-state index in [-0.39, 0.29) is 18.4 Å². The van der Waals surface area contributed by atoms with Crippen molar-refractivity contribution in [3.8, 4) is 0 Å². The minimum atomic E-state index is -0.762. The third kappa shape index (κ3) is 4.81. The maximum atomic E-state index is 12.2. The predicted molar refractivity (Wildman–Crippen MR) is 94.0 cm³/mol. The topological polar surface area (TPSA) is 67.4 Å². The molecule has 1 atom stereocenters. The maximum absolute atomic E-state index is 12.2. The van der Waals surface area contributed by atoms with Gasteiger partial charge in [0.25, 0.3) is 5.91 Å². The molecule has 2 N–H and O–H groups in total. The number of ether oxygens (including phenoxy) is 1. The van der Waals surface area contributed by atoms with E-state index in [2.05, 4.69) is 10.6 Å². The molecule has 0 heterocycles. The highest BCUT2D eigenvalue weighted by Gasteiger charge is 2.20. The molecule has 0 radical (unpaired) electrons. The van der Waals surface area contributed by atoms with Gasteiger partial charge >= 0.3 is 0 Å². The Morgan fingerprint density at radius 1 is 1.17 bits per heavy atom. The largest absolute Gasteiger partial charge is 0.367 e. The van der Waals surface area contributed by atoms with E-state index in [1.165, 1.54) is 7.11 Å². The minimum Gasteiger partial charge on any atom is -0.367 e. The Labute approximate surface area is 146 Å². The van der Waals surface area contributed by atoms with Crippen LogP contribution in [-0.4, -0.2) is 25.5 Å². The fourth-order valence-electron chi connectivity index (χ4n) is 2.20. The number of aryl methyl sites for hydroxylation is 1. The molecule has 6 heteroatoms. The molecule has 0 aliphatic carbocycles. The molecule has 0 aliphatic rings. The van der Waals surface area contributed by atoms with Crippen LogP contribution in [0.5, 0.6) is 0 Å². The molecule has 0 aliphatic heterocycles.